The van der Waals surface area contributed by atoms with Gasteiger partial charge in [-0.2, -0.15) is 0 Å². The summed E-state index contributed by atoms with van der Waals surface area (Å²) in [5.41, 5.74) is 0.0739. The fraction of sp³-hybridized carbons (Fsp3) is 0.333. The van der Waals surface area contributed by atoms with Crippen LogP contribution in [0.4, 0.5) is 10.1 Å². The van der Waals surface area contributed by atoms with Crippen molar-refractivity contribution >= 4 is 17.6 Å². The minimum atomic E-state index is -1.34. The largest absolute Gasteiger partial charge is 0.478 e. The summed E-state index contributed by atoms with van der Waals surface area (Å²) in [6, 6.07) is 12.9. The van der Waals surface area contributed by atoms with Crippen molar-refractivity contribution < 1.29 is 19.1 Å². The monoisotopic (exact) mass is 355 g/mol. The van der Waals surface area contributed by atoms with E-state index in [-0.39, 0.29) is 11.6 Å². The van der Waals surface area contributed by atoms with Gasteiger partial charge in [-0.25, -0.2) is 9.18 Å². The molecule has 2 aromatic carbocycles. The average molecular weight is 355 g/mol. The van der Waals surface area contributed by atoms with Crippen LogP contribution in [0.2, 0.25) is 0 Å². The number of hydrogen-bond acceptors (Lipinski definition) is 2. The molecule has 0 radical (unpaired) electrons. The summed E-state index contributed by atoms with van der Waals surface area (Å²) in [6.45, 7) is 0.397. The van der Waals surface area contributed by atoms with Gasteiger partial charge in [-0.15, -0.1) is 0 Å². The summed E-state index contributed by atoms with van der Waals surface area (Å²) in [6.07, 6.45) is 5.40. The van der Waals surface area contributed by atoms with E-state index in [1.807, 2.05) is 6.07 Å². The molecule has 3 rings (SSSR count). The Balaban J connectivity index is 1.98. The molecular formula is C21H22FNO3. The zero-order chi connectivity index (χ0) is 18.5. The van der Waals surface area contributed by atoms with Gasteiger partial charge in [0.25, 0.3) is 5.91 Å². The van der Waals surface area contributed by atoms with Gasteiger partial charge in [0.15, 0.2) is 5.82 Å². The van der Waals surface area contributed by atoms with Gasteiger partial charge in [0, 0.05) is 12.1 Å². The van der Waals surface area contributed by atoms with E-state index in [0.29, 0.717) is 18.0 Å². The number of rotatable bonds is 5. The number of halogens is 1. The van der Waals surface area contributed by atoms with Crippen LogP contribution in [0, 0.1) is 11.7 Å². The molecule has 1 aliphatic rings. The highest BCUT2D eigenvalue weighted by Gasteiger charge is 2.27. The maximum Gasteiger partial charge on any atom is 0.338 e. The van der Waals surface area contributed by atoms with Crippen molar-refractivity contribution in [3.63, 3.8) is 0 Å². The third-order valence-corrected chi connectivity index (χ3v) is 4.93. The molecule has 0 atom stereocenters. The van der Waals surface area contributed by atoms with Crippen LogP contribution in [-0.4, -0.2) is 23.5 Å². The number of amides is 1. The second-order valence-electron chi connectivity index (χ2n) is 6.73. The van der Waals surface area contributed by atoms with E-state index in [0.717, 1.165) is 25.7 Å². The first-order valence-corrected chi connectivity index (χ1v) is 8.96. The lowest BCUT2D eigenvalue weighted by molar-refractivity contribution is 0.0691. The van der Waals surface area contributed by atoms with Crippen molar-refractivity contribution in [1.82, 2.24) is 0 Å². The first-order valence-electron chi connectivity index (χ1n) is 8.96. The minimum absolute atomic E-state index is 0.0318. The quantitative estimate of drug-likeness (QED) is 0.842. The highest BCUT2D eigenvalue weighted by molar-refractivity contribution is 6.06. The Hall–Kier alpha value is -2.69. The molecule has 4 nitrogen and oxygen atoms in total. The predicted octanol–water partition coefficient (Wildman–Crippen LogP) is 4.75. The molecule has 26 heavy (non-hydrogen) atoms. The molecule has 1 saturated carbocycles. The standard InChI is InChI=1S/C21H22FNO3/c22-19-17(21(25)26)12-7-13-18(19)23(14-15-8-3-1-4-9-15)20(24)16-10-5-2-6-11-16/h2,5-7,10-13,15H,1,3-4,8-9,14H2,(H,25,26). The van der Waals surface area contributed by atoms with Crippen LogP contribution in [0.5, 0.6) is 0 Å². The summed E-state index contributed by atoms with van der Waals surface area (Å²) in [5.74, 6) is -2.21. The topological polar surface area (TPSA) is 57.6 Å². The van der Waals surface area contributed by atoms with Gasteiger partial charge in [0.1, 0.15) is 0 Å². The third-order valence-electron chi connectivity index (χ3n) is 4.93. The van der Waals surface area contributed by atoms with Crippen LogP contribution in [0.1, 0.15) is 52.8 Å². The SMILES string of the molecule is O=C(O)c1cccc(N(CC2CCCCC2)C(=O)c2ccccc2)c1F. The molecule has 0 aromatic heterocycles. The van der Waals surface area contributed by atoms with E-state index in [1.54, 1.807) is 24.3 Å². The highest BCUT2D eigenvalue weighted by atomic mass is 19.1. The molecule has 1 aliphatic carbocycles. The van der Waals surface area contributed by atoms with Gasteiger partial charge in [-0.05, 0) is 43.0 Å². The van der Waals surface area contributed by atoms with Gasteiger partial charge in [0.2, 0.25) is 0 Å². The lowest BCUT2D eigenvalue weighted by Crippen LogP contribution is -2.37. The number of carbonyl (C=O) groups excluding carboxylic acids is 1. The zero-order valence-corrected chi connectivity index (χ0v) is 14.5. The number of nitrogens with zero attached hydrogens (tertiary/aromatic N) is 1. The van der Waals surface area contributed by atoms with Crippen LogP contribution in [0.15, 0.2) is 48.5 Å². The number of anilines is 1. The molecule has 136 valence electrons. The third kappa shape index (κ3) is 3.93. The number of carboxylic acid groups (broad SMARTS) is 1. The fourth-order valence-corrected chi connectivity index (χ4v) is 3.55. The van der Waals surface area contributed by atoms with Gasteiger partial charge in [-0.1, -0.05) is 43.5 Å². The van der Waals surface area contributed by atoms with Crippen molar-refractivity contribution in [3.8, 4) is 0 Å². The van der Waals surface area contributed by atoms with Crippen LogP contribution in [0.3, 0.4) is 0 Å². The van der Waals surface area contributed by atoms with Gasteiger partial charge in [-0.3, -0.25) is 4.79 Å². The Morgan fingerprint density at radius 3 is 2.35 bits per heavy atom. The maximum absolute atomic E-state index is 14.8. The van der Waals surface area contributed by atoms with Crippen LogP contribution in [0.25, 0.3) is 0 Å². The normalized spacial score (nSPS) is 14.8. The number of hydrogen-bond donors (Lipinski definition) is 1. The summed E-state index contributed by atoms with van der Waals surface area (Å²) >= 11 is 0. The first kappa shape index (κ1) is 18.1. The van der Waals surface area contributed by atoms with Crippen molar-refractivity contribution in [2.75, 3.05) is 11.4 Å². The molecule has 0 bridgehead atoms. The van der Waals surface area contributed by atoms with Crippen LogP contribution >= 0.6 is 0 Å². The molecule has 1 N–H and O–H groups in total. The van der Waals surface area contributed by atoms with E-state index in [2.05, 4.69) is 0 Å². The summed E-state index contributed by atoms with van der Waals surface area (Å²) in [4.78, 5) is 25.8. The molecule has 1 fully saturated rings. The maximum atomic E-state index is 14.8. The Kier molecular flexibility index (Phi) is 5.66. The van der Waals surface area contributed by atoms with Gasteiger partial charge >= 0.3 is 5.97 Å². The molecule has 0 unspecified atom stereocenters. The Labute approximate surface area is 152 Å². The smallest absolute Gasteiger partial charge is 0.338 e. The van der Waals surface area contributed by atoms with Crippen molar-refractivity contribution in [3.05, 3.63) is 65.5 Å². The van der Waals surface area contributed by atoms with E-state index in [9.17, 15) is 19.1 Å². The predicted molar refractivity (Wildman–Crippen MR) is 98.1 cm³/mol. The van der Waals surface area contributed by atoms with Crippen molar-refractivity contribution in [2.45, 2.75) is 32.1 Å². The average Bonchev–Trinajstić information content (AvgIpc) is 2.67. The molecular weight excluding hydrogens is 333 g/mol. The van der Waals surface area contributed by atoms with Crippen molar-refractivity contribution in [1.29, 1.82) is 0 Å². The first-order chi connectivity index (χ1) is 12.6. The number of carbonyl (C=O) groups is 2. The molecule has 0 aliphatic heterocycles. The summed E-state index contributed by atoms with van der Waals surface area (Å²) in [7, 11) is 0. The Morgan fingerprint density at radius 1 is 1.00 bits per heavy atom. The molecule has 2 aromatic rings. The number of benzene rings is 2. The van der Waals surface area contributed by atoms with Crippen LogP contribution in [-0.2, 0) is 0 Å². The second kappa shape index (κ2) is 8.13. The Bertz CT molecular complexity index is 785. The van der Waals surface area contributed by atoms with E-state index < -0.39 is 17.3 Å². The number of aromatic carboxylic acids is 1. The second-order valence-corrected chi connectivity index (χ2v) is 6.73. The summed E-state index contributed by atoms with van der Waals surface area (Å²) < 4.78 is 14.8. The van der Waals surface area contributed by atoms with E-state index >= 15 is 0 Å². The molecule has 5 heteroatoms. The Morgan fingerprint density at radius 2 is 1.69 bits per heavy atom. The van der Waals surface area contributed by atoms with E-state index in [4.69, 9.17) is 0 Å². The lowest BCUT2D eigenvalue weighted by atomic mass is 9.88. The fourth-order valence-electron chi connectivity index (χ4n) is 3.55. The van der Waals surface area contributed by atoms with E-state index in [1.165, 1.54) is 29.5 Å². The van der Waals surface area contributed by atoms with Gasteiger partial charge in [0.05, 0.1) is 11.3 Å². The summed E-state index contributed by atoms with van der Waals surface area (Å²) in [5, 5.41) is 9.21. The lowest BCUT2D eigenvalue weighted by Gasteiger charge is -2.30. The molecule has 0 spiro atoms. The zero-order valence-electron chi connectivity index (χ0n) is 14.5. The minimum Gasteiger partial charge on any atom is -0.478 e. The highest BCUT2D eigenvalue weighted by Crippen LogP contribution is 2.30. The molecule has 0 saturated heterocycles. The molecule has 0 heterocycles. The van der Waals surface area contributed by atoms with Crippen molar-refractivity contribution in [2.24, 2.45) is 5.92 Å². The number of carboxylic acids is 1. The van der Waals surface area contributed by atoms with Gasteiger partial charge < -0.3 is 10.0 Å². The molecule has 1 amide bonds. The van der Waals surface area contributed by atoms with Crippen LogP contribution < -0.4 is 4.90 Å².